The fourth-order valence-electron chi connectivity index (χ4n) is 8.95. The number of hydrogen-bond donors (Lipinski definition) is 0. The zero-order chi connectivity index (χ0) is 35.5. The molecule has 53 heavy (non-hydrogen) atoms. The van der Waals surface area contributed by atoms with E-state index in [1.54, 1.807) is 0 Å². The Kier molecular flexibility index (Phi) is 7.81. The maximum atomic E-state index is 4.39. The van der Waals surface area contributed by atoms with Crippen LogP contribution in [0.1, 0.15) is 36.5 Å². The van der Waals surface area contributed by atoms with E-state index in [-0.39, 0.29) is 6.71 Å². The number of aryl methyl sites for hydroxylation is 2. The Bertz CT molecular complexity index is 2630. The second kappa shape index (κ2) is 13.0. The Morgan fingerprint density at radius 2 is 1.43 bits per heavy atom. The molecule has 3 heterocycles. The van der Waals surface area contributed by atoms with Gasteiger partial charge in [0.15, 0.2) is 0 Å². The summed E-state index contributed by atoms with van der Waals surface area (Å²) in [7, 11) is 0. The summed E-state index contributed by atoms with van der Waals surface area (Å²) in [5, 5.41) is 1.30. The van der Waals surface area contributed by atoms with Crippen LogP contribution >= 0.6 is 11.3 Å². The van der Waals surface area contributed by atoms with Crippen molar-refractivity contribution in [1.82, 2.24) is 0 Å². The number of anilines is 5. The van der Waals surface area contributed by atoms with Crippen LogP contribution in [-0.4, -0.2) is 6.71 Å². The summed E-state index contributed by atoms with van der Waals surface area (Å²) < 4.78 is 2.71. The number of thiophene rings is 1. The van der Waals surface area contributed by atoms with Crippen molar-refractivity contribution in [2.75, 3.05) is 9.80 Å². The highest BCUT2D eigenvalue weighted by atomic mass is 32.1. The van der Waals surface area contributed by atoms with Gasteiger partial charge < -0.3 is 9.80 Å². The molecule has 0 fully saturated rings. The minimum Gasteiger partial charge on any atom is -0.311 e. The predicted octanol–water partition coefficient (Wildman–Crippen LogP) is 11.4. The van der Waals surface area contributed by atoms with Gasteiger partial charge in [-0.2, -0.15) is 0 Å². The van der Waals surface area contributed by atoms with Crippen molar-refractivity contribution < 1.29 is 0 Å². The lowest BCUT2D eigenvalue weighted by molar-refractivity contribution is 0.686. The minimum atomic E-state index is 0.118. The molecule has 2 nitrogen and oxygen atoms in total. The van der Waals surface area contributed by atoms with Gasteiger partial charge in [0.1, 0.15) is 0 Å². The Labute approximate surface area is 316 Å². The lowest BCUT2D eigenvalue weighted by Crippen LogP contribution is -2.60. The van der Waals surface area contributed by atoms with E-state index in [1.807, 2.05) is 17.4 Å². The van der Waals surface area contributed by atoms with Gasteiger partial charge in [-0.15, -0.1) is 11.3 Å². The number of rotatable bonds is 6. The fourth-order valence-corrected chi connectivity index (χ4v) is 10.3. The molecule has 10 rings (SSSR count). The third-order valence-corrected chi connectivity index (χ3v) is 12.6. The molecule has 1 aromatic heterocycles. The van der Waals surface area contributed by atoms with E-state index in [0.29, 0.717) is 0 Å². The van der Waals surface area contributed by atoms with Gasteiger partial charge in [0, 0.05) is 43.3 Å². The molecule has 0 atom stereocenters. The summed E-state index contributed by atoms with van der Waals surface area (Å²) >= 11 is 1.93. The number of para-hydroxylation sites is 2. The van der Waals surface area contributed by atoms with Crippen LogP contribution in [0.2, 0.25) is 0 Å². The third-order valence-electron chi connectivity index (χ3n) is 11.4. The SMILES string of the molecule is C=C/C(=C\C=C(/C)c1ccccc1-c1ccc2c(c1)CCCC2)N1c2ccccc2B2c3sc4ccccc4c3N(c3ccccc3)c3cccc1c32. The molecular formula is C49H39BN2S. The van der Waals surface area contributed by atoms with Crippen molar-refractivity contribution in [1.29, 1.82) is 0 Å². The van der Waals surface area contributed by atoms with E-state index >= 15 is 0 Å². The van der Waals surface area contributed by atoms with Crippen LogP contribution in [-0.2, 0) is 12.8 Å². The van der Waals surface area contributed by atoms with Crippen LogP contribution in [0.3, 0.4) is 0 Å². The molecule has 0 N–H and O–H groups in total. The quantitative estimate of drug-likeness (QED) is 0.126. The molecule has 2 aliphatic heterocycles. The van der Waals surface area contributed by atoms with Gasteiger partial charge in [0.05, 0.1) is 5.69 Å². The van der Waals surface area contributed by atoms with Gasteiger partial charge in [0.25, 0.3) is 6.71 Å². The molecule has 7 aromatic rings. The van der Waals surface area contributed by atoms with Crippen molar-refractivity contribution in [2.24, 2.45) is 0 Å². The van der Waals surface area contributed by atoms with E-state index in [2.05, 4.69) is 175 Å². The standard InChI is InChI=1S/C49H39BN2S/c1-3-37(31-28-33(2)39-20-9-10-21-40(39)36-30-29-34-16-7-8-17-35(34)32-36)51-43-24-13-12-23-42(43)50-47-44(51)25-15-26-45(47)52(38-18-5-4-6-19-38)48-41-22-11-14-27-46(41)53-49(48)50/h3-6,9-15,18-32H,1,7-8,16-17H2,2H3/b33-28+,37-31+. The summed E-state index contributed by atoms with van der Waals surface area (Å²) in [5.41, 5.74) is 17.9. The molecule has 6 aromatic carbocycles. The van der Waals surface area contributed by atoms with Gasteiger partial charge in [-0.3, -0.25) is 0 Å². The predicted molar refractivity (Wildman–Crippen MR) is 230 cm³/mol. The molecule has 0 amide bonds. The first-order chi connectivity index (χ1) is 26.2. The average molecular weight is 699 g/mol. The molecular weight excluding hydrogens is 659 g/mol. The van der Waals surface area contributed by atoms with Gasteiger partial charge in [0.2, 0.25) is 0 Å². The van der Waals surface area contributed by atoms with Crippen LogP contribution in [0, 0.1) is 0 Å². The maximum Gasteiger partial charge on any atom is 0.264 e. The first-order valence-electron chi connectivity index (χ1n) is 18.8. The van der Waals surface area contributed by atoms with E-state index in [1.165, 1.54) is 113 Å². The minimum absolute atomic E-state index is 0.118. The van der Waals surface area contributed by atoms with Crippen LogP contribution in [0.5, 0.6) is 0 Å². The summed E-state index contributed by atoms with van der Waals surface area (Å²) in [5.74, 6) is 0. The van der Waals surface area contributed by atoms with E-state index in [0.717, 1.165) is 5.70 Å². The molecule has 3 aliphatic rings. The fraction of sp³-hybridized carbons (Fsp3) is 0.102. The molecule has 1 aliphatic carbocycles. The smallest absolute Gasteiger partial charge is 0.264 e. The number of hydrogen-bond acceptors (Lipinski definition) is 3. The highest BCUT2D eigenvalue weighted by molar-refractivity contribution is 7.33. The molecule has 0 radical (unpaired) electrons. The van der Waals surface area contributed by atoms with Crippen LogP contribution in [0.25, 0.3) is 26.8 Å². The summed E-state index contributed by atoms with van der Waals surface area (Å²) in [6.07, 6.45) is 11.5. The van der Waals surface area contributed by atoms with Crippen LogP contribution < -0.4 is 25.5 Å². The molecule has 0 saturated heterocycles. The van der Waals surface area contributed by atoms with Gasteiger partial charge in [-0.25, -0.2) is 0 Å². The zero-order valence-corrected chi connectivity index (χ0v) is 30.7. The number of fused-ring (bicyclic) bond motifs is 7. The maximum absolute atomic E-state index is 4.39. The van der Waals surface area contributed by atoms with Gasteiger partial charge in [-0.1, -0.05) is 116 Å². The summed E-state index contributed by atoms with van der Waals surface area (Å²) in [6, 6.07) is 51.5. The Morgan fingerprint density at radius 1 is 0.698 bits per heavy atom. The number of allylic oxidation sites excluding steroid dienone is 4. The average Bonchev–Trinajstić information content (AvgIpc) is 3.61. The first kappa shape index (κ1) is 31.9. The van der Waals surface area contributed by atoms with Crippen molar-refractivity contribution in [2.45, 2.75) is 32.6 Å². The van der Waals surface area contributed by atoms with E-state index < -0.39 is 0 Å². The topological polar surface area (TPSA) is 6.48 Å². The third kappa shape index (κ3) is 5.16. The molecule has 0 saturated carbocycles. The largest absolute Gasteiger partial charge is 0.311 e. The van der Waals surface area contributed by atoms with Crippen molar-refractivity contribution >= 4 is 77.8 Å². The number of benzene rings is 6. The summed E-state index contributed by atoms with van der Waals surface area (Å²) in [4.78, 5) is 4.92. The monoisotopic (exact) mass is 698 g/mol. The van der Waals surface area contributed by atoms with Crippen molar-refractivity contribution in [3.05, 3.63) is 187 Å². The Hall–Kier alpha value is -5.84. The highest BCUT2D eigenvalue weighted by Gasteiger charge is 2.44. The molecule has 4 heteroatoms. The first-order valence-corrected chi connectivity index (χ1v) is 19.6. The highest BCUT2D eigenvalue weighted by Crippen LogP contribution is 2.46. The molecule has 254 valence electrons. The summed E-state index contributed by atoms with van der Waals surface area (Å²) in [6.45, 7) is 6.75. The van der Waals surface area contributed by atoms with Gasteiger partial charge in [-0.05, 0) is 125 Å². The lowest BCUT2D eigenvalue weighted by Gasteiger charge is -2.43. The molecule has 0 spiro atoms. The second-order valence-corrected chi connectivity index (χ2v) is 15.5. The van der Waals surface area contributed by atoms with Crippen LogP contribution in [0.15, 0.2) is 170 Å². The Balaban J connectivity index is 1.13. The second-order valence-electron chi connectivity index (χ2n) is 14.4. The van der Waals surface area contributed by atoms with Crippen molar-refractivity contribution in [3.63, 3.8) is 0 Å². The van der Waals surface area contributed by atoms with Crippen LogP contribution in [0.4, 0.5) is 28.4 Å². The normalized spacial score (nSPS) is 14.8. The molecule has 0 bridgehead atoms. The zero-order valence-electron chi connectivity index (χ0n) is 29.9. The van der Waals surface area contributed by atoms with Crippen molar-refractivity contribution in [3.8, 4) is 11.1 Å². The van der Waals surface area contributed by atoms with E-state index in [4.69, 9.17) is 0 Å². The van der Waals surface area contributed by atoms with Gasteiger partial charge >= 0.3 is 0 Å². The number of nitrogens with zero attached hydrogens (tertiary/aromatic N) is 2. The molecule has 0 unspecified atom stereocenters. The lowest BCUT2D eigenvalue weighted by atomic mass is 9.36. The van der Waals surface area contributed by atoms with E-state index in [9.17, 15) is 0 Å². The Morgan fingerprint density at radius 3 is 2.32 bits per heavy atom.